The number of hydrogen-bond acceptors (Lipinski definition) is 5. The van der Waals surface area contributed by atoms with Gasteiger partial charge in [0.15, 0.2) is 6.29 Å². The number of hydrogen-bond donors (Lipinski definition) is 0. The Bertz CT molecular complexity index is 804. The smallest absolute Gasteiger partial charge is 0.266 e. The van der Waals surface area contributed by atoms with Gasteiger partial charge in [0, 0.05) is 17.1 Å². The maximum absolute atomic E-state index is 13.3. The number of rotatable bonds is 3. The average molecular weight is 393 g/mol. The Morgan fingerprint density at radius 3 is 2.88 bits per heavy atom. The van der Waals surface area contributed by atoms with Gasteiger partial charge in [0.1, 0.15) is 9.88 Å². The normalized spacial score (nSPS) is 21.3. The molecular weight excluding hydrogens is 372 g/mol. The van der Waals surface area contributed by atoms with E-state index in [1.807, 2.05) is 36.1 Å². The second-order valence-corrected chi connectivity index (χ2v) is 8.05. The lowest BCUT2D eigenvalue weighted by Gasteiger charge is -2.37. The molecule has 1 amide bonds. The quantitative estimate of drug-likeness (QED) is 0.787. The van der Waals surface area contributed by atoms with E-state index in [2.05, 4.69) is 4.98 Å². The number of thiazole rings is 1. The molecule has 0 N–H and O–H groups in total. The molecule has 26 heavy (non-hydrogen) atoms. The summed E-state index contributed by atoms with van der Waals surface area (Å²) in [5.41, 5.74) is 1.69. The van der Waals surface area contributed by atoms with Crippen LogP contribution in [0.5, 0.6) is 0 Å². The van der Waals surface area contributed by atoms with Crippen molar-refractivity contribution in [1.29, 1.82) is 0 Å². The highest BCUT2D eigenvalue weighted by molar-refractivity contribution is 7.17. The van der Waals surface area contributed by atoms with Gasteiger partial charge in [0.2, 0.25) is 0 Å². The molecule has 1 aromatic heterocycles. The summed E-state index contributed by atoms with van der Waals surface area (Å²) in [6, 6.07) is 7.54. The van der Waals surface area contributed by atoms with Gasteiger partial charge in [-0.1, -0.05) is 23.7 Å². The number of aromatic nitrogens is 1. The third-order valence-corrected chi connectivity index (χ3v) is 6.26. The number of carbonyl (C=O) groups is 1. The predicted octanol–water partition coefficient (Wildman–Crippen LogP) is 4.14. The van der Waals surface area contributed by atoms with Crippen LogP contribution in [0.2, 0.25) is 5.02 Å². The molecule has 2 aromatic rings. The zero-order valence-corrected chi connectivity index (χ0v) is 16.2. The second-order valence-electron chi connectivity index (χ2n) is 6.62. The molecule has 3 heterocycles. The summed E-state index contributed by atoms with van der Waals surface area (Å²) >= 11 is 7.52. The minimum Gasteiger partial charge on any atom is -0.348 e. The molecule has 2 fully saturated rings. The van der Waals surface area contributed by atoms with Crippen LogP contribution < -0.4 is 0 Å². The van der Waals surface area contributed by atoms with Gasteiger partial charge in [-0.15, -0.1) is 11.3 Å². The van der Waals surface area contributed by atoms with Crippen LogP contribution in [0.1, 0.15) is 34.6 Å². The van der Waals surface area contributed by atoms with Crippen LogP contribution in [-0.4, -0.2) is 47.9 Å². The summed E-state index contributed by atoms with van der Waals surface area (Å²) in [7, 11) is 0. The average Bonchev–Trinajstić information content (AvgIpc) is 3.31. The van der Waals surface area contributed by atoms with Crippen molar-refractivity contribution < 1.29 is 14.3 Å². The molecule has 1 atom stereocenters. The highest BCUT2D eigenvalue weighted by Crippen LogP contribution is 2.32. The minimum absolute atomic E-state index is 0.0186. The summed E-state index contributed by atoms with van der Waals surface area (Å²) < 4.78 is 11.4. The molecule has 4 rings (SSSR count). The van der Waals surface area contributed by atoms with Gasteiger partial charge in [0.05, 0.1) is 24.9 Å². The van der Waals surface area contributed by atoms with E-state index in [1.165, 1.54) is 11.3 Å². The third-order valence-electron chi connectivity index (χ3n) is 4.83. The number of aryl methyl sites for hydroxylation is 1. The molecule has 0 spiro atoms. The van der Waals surface area contributed by atoms with Gasteiger partial charge in [-0.2, -0.15) is 0 Å². The van der Waals surface area contributed by atoms with Gasteiger partial charge in [-0.05, 0) is 38.3 Å². The molecule has 0 aliphatic carbocycles. The van der Waals surface area contributed by atoms with E-state index < -0.39 is 0 Å². The highest BCUT2D eigenvalue weighted by Gasteiger charge is 2.37. The largest absolute Gasteiger partial charge is 0.348 e. The topological polar surface area (TPSA) is 51.7 Å². The molecule has 2 aliphatic heterocycles. The van der Waals surface area contributed by atoms with Crippen molar-refractivity contribution in [1.82, 2.24) is 9.88 Å². The Hall–Kier alpha value is -1.47. The van der Waals surface area contributed by atoms with Crippen LogP contribution >= 0.6 is 22.9 Å². The zero-order chi connectivity index (χ0) is 18.1. The number of halogens is 1. The van der Waals surface area contributed by atoms with E-state index >= 15 is 0 Å². The van der Waals surface area contributed by atoms with Crippen LogP contribution in [0.15, 0.2) is 24.3 Å². The summed E-state index contributed by atoms with van der Waals surface area (Å²) in [5.74, 6) is 0.0251. The molecule has 138 valence electrons. The number of nitrogens with zero attached hydrogens (tertiary/aromatic N) is 2. The first-order chi connectivity index (χ1) is 12.6. The Balaban J connectivity index is 1.61. The predicted molar refractivity (Wildman–Crippen MR) is 102 cm³/mol. The molecule has 1 unspecified atom stereocenters. The molecule has 2 aliphatic rings. The fourth-order valence-electron chi connectivity index (χ4n) is 3.56. The molecule has 0 radical (unpaired) electrons. The molecule has 7 heteroatoms. The van der Waals surface area contributed by atoms with Crippen molar-refractivity contribution in [2.75, 3.05) is 19.8 Å². The fraction of sp³-hybridized carbons (Fsp3) is 0.474. The summed E-state index contributed by atoms with van der Waals surface area (Å²) in [6.07, 6.45) is 2.70. The lowest BCUT2D eigenvalue weighted by Crippen LogP contribution is -2.50. The van der Waals surface area contributed by atoms with E-state index in [4.69, 9.17) is 21.1 Å². The number of ether oxygens (including phenoxy) is 2. The number of piperidine rings is 1. The van der Waals surface area contributed by atoms with E-state index in [0.717, 1.165) is 42.1 Å². The van der Waals surface area contributed by atoms with Gasteiger partial charge in [-0.3, -0.25) is 4.79 Å². The zero-order valence-electron chi connectivity index (χ0n) is 14.6. The summed E-state index contributed by atoms with van der Waals surface area (Å²) in [6.45, 7) is 3.82. The maximum atomic E-state index is 13.3. The van der Waals surface area contributed by atoms with Crippen molar-refractivity contribution in [2.24, 2.45) is 0 Å². The lowest BCUT2D eigenvalue weighted by atomic mass is 10.0. The standard InChI is InChI=1S/C19H21ClN2O3S/c1-12-16(26-17(21-12)13-5-4-6-14(20)11-13)18(23)22-8-3-2-7-15(22)19-24-9-10-25-19/h4-6,11,15,19H,2-3,7-10H2,1H3. The van der Waals surface area contributed by atoms with Crippen LogP contribution in [0.4, 0.5) is 0 Å². The molecule has 0 saturated carbocycles. The first kappa shape index (κ1) is 17.9. The maximum Gasteiger partial charge on any atom is 0.266 e. The summed E-state index contributed by atoms with van der Waals surface area (Å²) in [5, 5.41) is 1.48. The van der Waals surface area contributed by atoms with Gasteiger partial charge < -0.3 is 14.4 Å². The van der Waals surface area contributed by atoms with E-state index in [-0.39, 0.29) is 18.2 Å². The van der Waals surface area contributed by atoms with E-state index in [0.29, 0.717) is 23.1 Å². The fourth-order valence-corrected chi connectivity index (χ4v) is 4.77. The van der Waals surface area contributed by atoms with Crippen molar-refractivity contribution in [3.8, 4) is 10.6 Å². The van der Waals surface area contributed by atoms with Crippen LogP contribution in [0.3, 0.4) is 0 Å². The molecule has 5 nitrogen and oxygen atoms in total. The van der Waals surface area contributed by atoms with E-state index in [9.17, 15) is 4.79 Å². The highest BCUT2D eigenvalue weighted by atomic mass is 35.5. The number of likely N-dealkylation sites (tertiary alicyclic amines) is 1. The van der Waals surface area contributed by atoms with Crippen molar-refractivity contribution in [3.05, 3.63) is 39.9 Å². The Morgan fingerprint density at radius 2 is 2.12 bits per heavy atom. The Labute approximate surface area is 161 Å². The molecule has 2 saturated heterocycles. The van der Waals surface area contributed by atoms with Crippen LogP contribution in [0.25, 0.3) is 10.6 Å². The van der Waals surface area contributed by atoms with E-state index in [1.54, 1.807) is 0 Å². The third kappa shape index (κ3) is 3.51. The monoisotopic (exact) mass is 392 g/mol. The SMILES string of the molecule is Cc1nc(-c2cccc(Cl)c2)sc1C(=O)N1CCCCC1C1OCCO1. The minimum atomic E-state index is -0.306. The summed E-state index contributed by atoms with van der Waals surface area (Å²) in [4.78, 5) is 20.5. The first-order valence-corrected chi connectivity index (χ1v) is 10.1. The number of benzene rings is 1. The second kappa shape index (κ2) is 7.64. The molecule has 0 bridgehead atoms. The first-order valence-electron chi connectivity index (χ1n) is 8.91. The van der Waals surface area contributed by atoms with Gasteiger partial charge in [-0.25, -0.2) is 4.98 Å². The van der Waals surface area contributed by atoms with Gasteiger partial charge >= 0.3 is 0 Å². The number of amides is 1. The molecule has 1 aromatic carbocycles. The van der Waals surface area contributed by atoms with Crippen LogP contribution in [-0.2, 0) is 9.47 Å². The Morgan fingerprint density at radius 1 is 1.31 bits per heavy atom. The lowest BCUT2D eigenvalue weighted by molar-refractivity contribution is -0.100. The van der Waals surface area contributed by atoms with Crippen molar-refractivity contribution in [3.63, 3.8) is 0 Å². The van der Waals surface area contributed by atoms with Crippen molar-refractivity contribution in [2.45, 2.75) is 38.5 Å². The Kier molecular flexibility index (Phi) is 5.27. The van der Waals surface area contributed by atoms with Crippen LogP contribution in [0, 0.1) is 6.92 Å². The van der Waals surface area contributed by atoms with Gasteiger partial charge in [0.25, 0.3) is 5.91 Å². The molecular formula is C19H21ClN2O3S. The number of carbonyl (C=O) groups excluding carboxylic acids is 1. The van der Waals surface area contributed by atoms with Crippen molar-refractivity contribution >= 4 is 28.8 Å².